The fourth-order valence-corrected chi connectivity index (χ4v) is 1.24. The van der Waals surface area contributed by atoms with Crippen LogP contribution in [0.1, 0.15) is 27.7 Å². The Morgan fingerprint density at radius 2 is 1.72 bits per heavy atom. The minimum atomic E-state index is -0.903. The SMILES string of the molecule is CC(C)(O)C(C)(C)NCC(=O)Nc1ccccc1. The molecule has 18 heavy (non-hydrogen) atoms. The van der Waals surface area contributed by atoms with E-state index in [-0.39, 0.29) is 12.5 Å². The largest absolute Gasteiger partial charge is 0.389 e. The Kier molecular flexibility index (Phi) is 4.48. The molecule has 0 aliphatic heterocycles. The zero-order valence-corrected chi connectivity index (χ0v) is 11.4. The van der Waals surface area contributed by atoms with Gasteiger partial charge in [-0.1, -0.05) is 18.2 Å². The molecule has 0 fully saturated rings. The second-order valence-corrected chi connectivity index (χ2v) is 5.45. The third-order valence-electron chi connectivity index (χ3n) is 3.28. The van der Waals surface area contributed by atoms with Crippen molar-refractivity contribution in [1.82, 2.24) is 5.32 Å². The molecule has 0 aliphatic rings. The van der Waals surface area contributed by atoms with Crippen LogP contribution < -0.4 is 10.6 Å². The van der Waals surface area contributed by atoms with Crippen LogP contribution in [0.15, 0.2) is 30.3 Å². The molecule has 4 nitrogen and oxygen atoms in total. The summed E-state index contributed by atoms with van der Waals surface area (Å²) < 4.78 is 0. The highest BCUT2D eigenvalue weighted by atomic mass is 16.3. The fraction of sp³-hybridized carbons (Fsp3) is 0.500. The third kappa shape index (κ3) is 4.13. The van der Waals surface area contributed by atoms with E-state index in [0.29, 0.717) is 0 Å². The Morgan fingerprint density at radius 1 is 1.17 bits per heavy atom. The summed E-state index contributed by atoms with van der Waals surface area (Å²) in [6.45, 7) is 7.32. The van der Waals surface area contributed by atoms with Crippen molar-refractivity contribution < 1.29 is 9.90 Å². The van der Waals surface area contributed by atoms with Crippen molar-refractivity contribution >= 4 is 11.6 Å². The number of hydrogen-bond acceptors (Lipinski definition) is 3. The molecule has 0 radical (unpaired) electrons. The topological polar surface area (TPSA) is 61.4 Å². The van der Waals surface area contributed by atoms with Crippen molar-refractivity contribution in [1.29, 1.82) is 0 Å². The van der Waals surface area contributed by atoms with Crippen LogP contribution in [0.3, 0.4) is 0 Å². The first-order valence-corrected chi connectivity index (χ1v) is 6.05. The highest BCUT2D eigenvalue weighted by Crippen LogP contribution is 2.20. The molecule has 4 heteroatoms. The summed E-state index contributed by atoms with van der Waals surface area (Å²) in [6, 6.07) is 9.29. The summed E-state index contributed by atoms with van der Waals surface area (Å²) in [4.78, 5) is 11.7. The Balaban J connectivity index is 2.48. The van der Waals surface area contributed by atoms with Crippen molar-refractivity contribution in [3.05, 3.63) is 30.3 Å². The Bertz CT molecular complexity index is 394. The quantitative estimate of drug-likeness (QED) is 0.746. The van der Waals surface area contributed by atoms with E-state index in [2.05, 4.69) is 10.6 Å². The number of rotatable bonds is 5. The number of para-hydroxylation sites is 1. The minimum absolute atomic E-state index is 0.126. The number of benzene rings is 1. The standard InChI is InChI=1S/C14H22N2O2/c1-13(2,14(3,4)18)15-10-12(17)16-11-8-6-5-7-9-11/h5-9,15,18H,10H2,1-4H3,(H,16,17). The lowest BCUT2D eigenvalue weighted by Gasteiger charge is -2.38. The molecule has 3 N–H and O–H groups in total. The first kappa shape index (κ1) is 14.7. The van der Waals surface area contributed by atoms with Gasteiger partial charge in [-0.05, 0) is 39.8 Å². The fourth-order valence-electron chi connectivity index (χ4n) is 1.24. The predicted molar refractivity (Wildman–Crippen MR) is 73.5 cm³/mol. The molecule has 1 aromatic rings. The molecule has 1 amide bonds. The maximum atomic E-state index is 11.7. The molecule has 1 aromatic carbocycles. The monoisotopic (exact) mass is 250 g/mol. The number of nitrogens with one attached hydrogen (secondary N) is 2. The van der Waals surface area contributed by atoms with Gasteiger partial charge in [-0.2, -0.15) is 0 Å². The molecule has 0 atom stereocenters. The molecule has 0 aliphatic carbocycles. The van der Waals surface area contributed by atoms with Crippen molar-refractivity contribution in [3.8, 4) is 0 Å². The predicted octanol–water partition coefficient (Wildman–Crippen LogP) is 1.76. The molecule has 0 saturated heterocycles. The van der Waals surface area contributed by atoms with Crippen LogP contribution in [0.5, 0.6) is 0 Å². The summed E-state index contributed by atoms with van der Waals surface area (Å²) in [5, 5.41) is 15.8. The molecule has 0 spiro atoms. The maximum Gasteiger partial charge on any atom is 0.238 e. The van der Waals surface area contributed by atoms with E-state index in [0.717, 1.165) is 5.69 Å². The van der Waals surface area contributed by atoms with E-state index in [9.17, 15) is 9.90 Å². The number of hydrogen-bond donors (Lipinski definition) is 3. The molecule has 0 unspecified atom stereocenters. The first-order chi connectivity index (χ1) is 8.22. The van der Waals surface area contributed by atoms with E-state index in [1.807, 2.05) is 44.2 Å². The Morgan fingerprint density at radius 3 is 2.22 bits per heavy atom. The van der Waals surface area contributed by atoms with Gasteiger partial charge in [0.25, 0.3) is 0 Å². The van der Waals surface area contributed by atoms with Crippen LogP contribution in [0.2, 0.25) is 0 Å². The van der Waals surface area contributed by atoms with Crippen LogP contribution in [-0.4, -0.2) is 28.7 Å². The van der Waals surface area contributed by atoms with Crippen LogP contribution >= 0.6 is 0 Å². The van der Waals surface area contributed by atoms with Gasteiger partial charge >= 0.3 is 0 Å². The molecule has 1 rings (SSSR count). The number of carbonyl (C=O) groups is 1. The highest BCUT2D eigenvalue weighted by molar-refractivity contribution is 5.92. The van der Waals surface area contributed by atoms with Crippen molar-refractivity contribution in [2.24, 2.45) is 0 Å². The molecular weight excluding hydrogens is 228 g/mol. The second kappa shape index (κ2) is 5.50. The lowest BCUT2D eigenvalue weighted by molar-refractivity contribution is -0.116. The number of aliphatic hydroxyl groups is 1. The zero-order chi connectivity index (χ0) is 13.8. The van der Waals surface area contributed by atoms with E-state index < -0.39 is 11.1 Å². The Hall–Kier alpha value is -1.39. The van der Waals surface area contributed by atoms with Gasteiger partial charge in [0.2, 0.25) is 5.91 Å². The van der Waals surface area contributed by atoms with E-state index in [1.165, 1.54) is 0 Å². The van der Waals surface area contributed by atoms with Gasteiger partial charge < -0.3 is 15.7 Å². The molecule has 0 aromatic heterocycles. The second-order valence-electron chi connectivity index (χ2n) is 5.45. The first-order valence-electron chi connectivity index (χ1n) is 6.05. The van der Waals surface area contributed by atoms with E-state index >= 15 is 0 Å². The van der Waals surface area contributed by atoms with E-state index in [4.69, 9.17) is 0 Å². The molecule has 100 valence electrons. The van der Waals surface area contributed by atoms with Gasteiger partial charge in [-0.15, -0.1) is 0 Å². The summed E-state index contributed by atoms with van der Waals surface area (Å²) in [7, 11) is 0. The minimum Gasteiger partial charge on any atom is -0.389 e. The van der Waals surface area contributed by atoms with Gasteiger partial charge in [0.15, 0.2) is 0 Å². The van der Waals surface area contributed by atoms with Gasteiger partial charge in [0.1, 0.15) is 0 Å². The van der Waals surface area contributed by atoms with Crippen molar-refractivity contribution in [2.75, 3.05) is 11.9 Å². The smallest absolute Gasteiger partial charge is 0.238 e. The molecule has 0 heterocycles. The lowest BCUT2D eigenvalue weighted by atomic mass is 9.86. The molecular formula is C14H22N2O2. The average Bonchev–Trinajstić information content (AvgIpc) is 2.26. The summed E-state index contributed by atoms with van der Waals surface area (Å²) in [6.07, 6.45) is 0. The van der Waals surface area contributed by atoms with Crippen LogP contribution in [0.25, 0.3) is 0 Å². The summed E-state index contributed by atoms with van der Waals surface area (Å²) >= 11 is 0. The number of carbonyl (C=O) groups excluding carboxylic acids is 1. The maximum absolute atomic E-state index is 11.7. The number of anilines is 1. The number of amides is 1. The van der Waals surface area contributed by atoms with Gasteiger partial charge in [-0.3, -0.25) is 4.79 Å². The van der Waals surface area contributed by atoms with Crippen LogP contribution in [-0.2, 0) is 4.79 Å². The van der Waals surface area contributed by atoms with Gasteiger partial charge in [-0.25, -0.2) is 0 Å². The molecule has 0 saturated carbocycles. The average molecular weight is 250 g/mol. The third-order valence-corrected chi connectivity index (χ3v) is 3.28. The lowest BCUT2D eigenvalue weighted by Crippen LogP contribution is -2.57. The van der Waals surface area contributed by atoms with E-state index in [1.54, 1.807) is 13.8 Å². The van der Waals surface area contributed by atoms with Crippen LogP contribution in [0.4, 0.5) is 5.69 Å². The van der Waals surface area contributed by atoms with Gasteiger partial charge in [0.05, 0.1) is 12.1 Å². The molecule has 0 bridgehead atoms. The Labute approximate surface area is 108 Å². The van der Waals surface area contributed by atoms with Gasteiger partial charge in [0, 0.05) is 11.2 Å². The normalized spacial score (nSPS) is 12.3. The summed E-state index contributed by atoms with van der Waals surface area (Å²) in [5.41, 5.74) is -0.675. The summed E-state index contributed by atoms with van der Waals surface area (Å²) in [5.74, 6) is -0.126. The van der Waals surface area contributed by atoms with Crippen molar-refractivity contribution in [2.45, 2.75) is 38.8 Å². The highest BCUT2D eigenvalue weighted by Gasteiger charge is 2.34. The zero-order valence-electron chi connectivity index (χ0n) is 11.4. The van der Waals surface area contributed by atoms with Crippen molar-refractivity contribution in [3.63, 3.8) is 0 Å². The van der Waals surface area contributed by atoms with Crippen LogP contribution in [0, 0.1) is 0 Å².